The fourth-order valence-corrected chi connectivity index (χ4v) is 3.06. The molecule has 1 N–H and O–H groups in total. The Kier molecular flexibility index (Phi) is 4.21. The van der Waals surface area contributed by atoms with Crippen molar-refractivity contribution < 1.29 is 4.79 Å². The number of carbonyl (C=O) groups excluding carboxylic acids is 1. The van der Waals surface area contributed by atoms with Crippen molar-refractivity contribution in [1.29, 1.82) is 0 Å². The van der Waals surface area contributed by atoms with Crippen molar-refractivity contribution in [1.82, 2.24) is 10.2 Å². The molecule has 3 heteroatoms. The first-order valence-corrected chi connectivity index (χ1v) is 6.90. The molecule has 0 aromatic carbocycles. The Balaban J connectivity index is 2.17. The highest BCUT2D eigenvalue weighted by atomic mass is 16.2. The number of amides is 1. The number of carbonyl (C=O) groups is 1. The quantitative estimate of drug-likeness (QED) is 0.745. The molecule has 17 heavy (non-hydrogen) atoms. The third-order valence-electron chi connectivity index (χ3n) is 4.08. The van der Waals surface area contributed by atoms with Gasteiger partial charge in [-0.25, -0.2) is 0 Å². The van der Waals surface area contributed by atoms with E-state index in [4.69, 9.17) is 0 Å². The van der Waals surface area contributed by atoms with Crippen LogP contribution in [0.25, 0.3) is 0 Å². The largest absolute Gasteiger partial charge is 0.332 e. The van der Waals surface area contributed by atoms with Crippen LogP contribution in [0.2, 0.25) is 0 Å². The Morgan fingerprint density at radius 1 is 1.29 bits per heavy atom. The molecule has 1 fully saturated rings. The molecule has 96 valence electrons. The van der Waals surface area contributed by atoms with Gasteiger partial charge in [-0.3, -0.25) is 4.79 Å². The van der Waals surface area contributed by atoms with Crippen LogP contribution in [0.3, 0.4) is 0 Å². The van der Waals surface area contributed by atoms with Crippen molar-refractivity contribution in [2.75, 3.05) is 7.05 Å². The summed E-state index contributed by atoms with van der Waals surface area (Å²) in [5, 5.41) is 3.17. The number of rotatable bonds is 2. The van der Waals surface area contributed by atoms with Crippen molar-refractivity contribution in [3.8, 4) is 0 Å². The van der Waals surface area contributed by atoms with Crippen molar-refractivity contribution in [3.63, 3.8) is 0 Å². The maximum atomic E-state index is 12.5. The van der Waals surface area contributed by atoms with E-state index in [0.29, 0.717) is 18.0 Å². The molecule has 0 aromatic rings. The molecule has 3 unspecified atom stereocenters. The molecule has 0 radical (unpaired) electrons. The zero-order valence-corrected chi connectivity index (χ0v) is 11.0. The summed E-state index contributed by atoms with van der Waals surface area (Å²) in [6.07, 6.45) is 11.2. The lowest BCUT2D eigenvalue weighted by molar-refractivity contribution is -0.136. The lowest BCUT2D eigenvalue weighted by Gasteiger charge is -2.36. The molecule has 2 rings (SSSR count). The minimum absolute atomic E-state index is 0.0234. The molecule has 0 saturated carbocycles. The Morgan fingerprint density at radius 2 is 2.12 bits per heavy atom. The van der Waals surface area contributed by atoms with E-state index in [2.05, 4.69) is 29.3 Å². The van der Waals surface area contributed by atoms with Gasteiger partial charge in [0.05, 0.1) is 12.1 Å². The van der Waals surface area contributed by atoms with Crippen molar-refractivity contribution >= 4 is 5.91 Å². The Morgan fingerprint density at radius 3 is 2.76 bits per heavy atom. The second-order valence-electron chi connectivity index (χ2n) is 5.29. The average Bonchev–Trinajstić information content (AvgIpc) is 2.49. The van der Waals surface area contributed by atoms with Crippen molar-refractivity contribution in [3.05, 3.63) is 12.2 Å². The standard InChI is InChI=1S/C14H24N2O/c1-11-7-6-10-13(15-2)14(17)16(11)12-8-4-3-5-9-12/h4,8,11-13,15H,3,5-7,9-10H2,1-2H3. The van der Waals surface area contributed by atoms with Crippen LogP contribution in [-0.2, 0) is 4.79 Å². The molecule has 1 aliphatic heterocycles. The number of likely N-dealkylation sites (tertiary alicyclic amines) is 1. The molecule has 3 atom stereocenters. The summed E-state index contributed by atoms with van der Waals surface area (Å²) in [5.74, 6) is 0.300. The van der Waals surface area contributed by atoms with Gasteiger partial charge in [-0.05, 0) is 52.5 Å². The van der Waals surface area contributed by atoms with Gasteiger partial charge in [-0.15, -0.1) is 0 Å². The van der Waals surface area contributed by atoms with Crippen LogP contribution < -0.4 is 5.32 Å². The van der Waals surface area contributed by atoms with Gasteiger partial charge in [0.1, 0.15) is 0 Å². The highest BCUT2D eigenvalue weighted by Crippen LogP contribution is 2.25. The van der Waals surface area contributed by atoms with E-state index in [-0.39, 0.29) is 6.04 Å². The second-order valence-corrected chi connectivity index (χ2v) is 5.29. The fourth-order valence-electron chi connectivity index (χ4n) is 3.06. The Hall–Kier alpha value is -0.830. The summed E-state index contributed by atoms with van der Waals surface area (Å²) in [4.78, 5) is 14.6. The molecule has 1 aliphatic carbocycles. The number of nitrogens with one attached hydrogen (secondary N) is 1. The molecule has 0 spiro atoms. The van der Waals surface area contributed by atoms with Gasteiger partial charge in [0.25, 0.3) is 0 Å². The number of hydrogen-bond donors (Lipinski definition) is 1. The van der Waals surface area contributed by atoms with E-state index < -0.39 is 0 Å². The van der Waals surface area contributed by atoms with Crippen molar-refractivity contribution in [2.45, 2.75) is 63.6 Å². The van der Waals surface area contributed by atoms with Gasteiger partial charge in [0.15, 0.2) is 0 Å². The van der Waals surface area contributed by atoms with Gasteiger partial charge in [0.2, 0.25) is 5.91 Å². The molecule has 0 aromatic heterocycles. The zero-order valence-electron chi connectivity index (χ0n) is 11.0. The summed E-state index contributed by atoms with van der Waals surface area (Å²) in [6.45, 7) is 2.19. The maximum Gasteiger partial charge on any atom is 0.240 e. The van der Waals surface area contributed by atoms with Gasteiger partial charge in [-0.2, -0.15) is 0 Å². The summed E-state index contributed by atoms with van der Waals surface area (Å²) in [5.41, 5.74) is 0. The monoisotopic (exact) mass is 236 g/mol. The molecule has 0 bridgehead atoms. The van der Waals surface area contributed by atoms with E-state index in [9.17, 15) is 4.79 Å². The first-order chi connectivity index (χ1) is 8.24. The minimum Gasteiger partial charge on any atom is -0.332 e. The first kappa shape index (κ1) is 12.6. The molecule has 2 aliphatic rings. The van der Waals surface area contributed by atoms with Gasteiger partial charge >= 0.3 is 0 Å². The first-order valence-electron chi connectivity index (χ1n) is 6.90. The summed E-state index contributed by atoms with van der Waals surface area (Å²) >= 11 is 0. The predicted molar refractivity (Wildman–Crippen MR) is 69.8 cm³/mol. The lowest BCUT2D eigenvalue weighted by atomic mass is 9.99. The molecule has 1 heterocycles. The van der Waals surface area contributed by atoms with Crippen LogP contribution in [0.4, 0.5) is 0 Å². The number of hydrogen-bond acceptors (Lipinski definition) is 2. The minimum atomic E-state index is 0.0234. The van der Waals surface area contributed by atoms with Crippen LogP contribution in [0, 0.1) is 0 Å². The smallest absolute Gasteiger partial charge is 0.240 e. The lowest BCUT2D eigenvalue weighted by Crippen LogP contribution is -2.51. The van der Waals surface area contributed by atoms with E-state index in [1.807, 2.05) is 7.05 Å². The molecule has 3 nitrogen and oxygen atoms in total. The molecule has 1 saturated heterocycles. The third-order valence-corrected chi connectivity index (χ3v) is 4.08. The summed E-state index contributed by atoms with van der Waals surface area (Å²) in [6, 6.07) is 0.740. The van der Waals surface area contributed by atoms with Crippen LogP contribution >= 0.6 is 0 Å². The van der Waals surface area contributed by atoms with E-state index in [0.717, 1.165) is 25.7 Å². The fraction of sp³-hybridized carbons (Fsp3) is 0.786. The Bertz CT molecular complexity index is 301. The van der Waals surface area contributed by atoms with Crippen LogP contribution in [0.1, 0.15) is 45.4 Å². The van der Waals surface area contributed by atoms with Gasteiger partial charge in [-0.1, -0.05) is 12.2 Å². The van der Waals surface area contributed by atoms with E-state index in [1.54, 1.807) is 0 Å². The number of likely N-dealkylation sites (N-methyl/N-ethyl adjacent to an activating group) is 1. The van der Waals surface area contributed by atoms with Gasteiger partial charge in [0, 0.05) is 6.04 Å². The predicted octanol–water partition coefficient (Wildman–Crippen LogP) is 2.08. The highest BCUT2D eigenvalue weighted by molar-refractivity contribution is 5.83. The van der Waals surface area contributed by atoms with Crippen LogP contribution in [0.5, 0.6) is 0 Å². The number of nitrogens with zero attached hydrogens (tertiary/aromatic N) is 1. The second kappa shape index (κ2) is 5.67. The normalized spacial score (nSPS) is 34.8. The van der Waals surface area contributed by atoms with E-state index in [1.165, 1.54) is 12.8 Å². The van der Waals surface area contributed by atoms with Crippen LogP contribution in [0.15, 0.2) is 12.2 Å². The topological polar surface area (TPSA) is 32.3 Å². The summed E-state index contributed by atoms with van der Waals surface area (Å²) < 4.78 is 0. The molecule has 1 amide bonds. The van der Waals surface area contributed by atoms with Crippen LogP contribution in [-0.4, -0.2) is 36.0 Å². The van der Waals surface area contributed by atoms with Gasteiger partial charge < -0.3 is 10.2 Å². The number of allylic oxidation sites excluding steroid dienone is 1. The average molecular weight is 236 g/mol. The molecular formula is C14H24N2O. The SMILES string of the molecule is CNC1CCCC(C)N(C2C=CCCC2)C1=O. The maximum absolute atomic E-state index is 12.5. The summed E-state index contributed by atoms with van der Waals surface area (Å²) in [7, 11) is 1.90. The highest BCUT2D eigenvalue weighted by Gasteiger charge is 2.33. The third kappa shape index (κ3) is 2.71. The molecular weight excluding hydrogens is 212 g/mol. The van der Waals surface area contributed by atoms with Crippen molar-refractivity contribution in [2.24, 2.45) is 0 Å². The Labute approximate surface area is 104 Å². The van der Waals surface area contributed by atoms with E-state index >= 15 is 0 Å². The zero-order chi connectivity index (χ0) is 12.3.